The molecule has 45 heavy (non-hydrogen) atoms. The van der Waals surface area contributed by atoms with Crippen molar-refractivity contribution >= 4 is 29.2 Å². The molecule has 1 aromatic heterocycles. The Morgan fingerprint density at radius 2 is 1.84 bits per heavy atom. The first-order valence-corrected chi connectivity index (χ1v) is 16.9. The molecule has 21 nitrogen and oxygen atoms in total. The molecule has 24 heteroatoms. The number of aliphatic hydroxyl groups is 1. The first kappa shape index (κ1) is 36.6. The van der Waals surface area contributed by atoms with Gasteiger partial charge in [-0.1, -0.05) is 17.9 Å². The van der Waals surface area contributed by atoms with Gasteiger partial charge in [0.25, 0.3) is 11.2 Å². The number of nitrogens with zero attached hydrogens (tertiary/aromatic N) is 2. The Morgan fingerprint density at radius 1 is 1.13 bits per heavy atom. The van der Waals surface area contributed by atoms with Gasteiger partial charge in [-0.3, -0.25) is 29.0 Å². The minimum Gasteiger partial charge on any atom is -0.390 e. The molecule has 0 bridgehead atoms. The molecule has 0 aliphatic carbocycles. The van der Waals surface area contributed by atoms with Gasteiger partial charge in [-0.25, -0.2) is 18.5 Å². The summed E-state index contributed by atoms with van der Waals surface area (Å²) in [5.74, 6) is 5.30. The van der Waals surface area contributed by atoms with Gasteiger partial charge in [0.1, 0.15) is 12.3 Å². The number of aromatic amines is 1. The summed E-state index contributed by atoms with van der Waals surface area (Å²) in [6, 6.07) is 4.39. The van der Waals surface area contributed by atoms with E-state index in [2.05, 4.69) is 25.0 Å². The van der Waals surface area contributed by atoms with Crippen LogP contribution in [0.3, 0.4) is 0 Å². The fourth-order valence-corrected chi connectivity index (χ4v) is 6.92. The Bertz CT molecular complexity index is 1730. The van der Waals surface area contributed by atoms with Crippen molar-refractivity contribution in [1.82, 2.24) is 9.55 Å². The van der Waals surface area contributed by atoms with Crippen LogP contribution in [0.4, 0.5) is 5.69 Å². The summed E-state index contributed by atoms with van der Waals surface area (Å²) < 4.78 is 57.6. The molecular weight excluding hydrogens is 673 g/mol. The van der Waals surface area contributed by atoms with E-state index in [1.54, 1.807) is 6.07 Å². The van der Waals surface area contributed by atoms with Crippen molar-refractivity contribution in [1.29, 1.82) is 0 Å². The van der Waals surface area contributed by atoms with Crippen LogP contribution in [-0.4, -0.2) is 71.1 Å². The number of benzene rings is 1. The summed E-state index contributed by atoms with van der Waals surface area (Å²) in [5.41, 5.74) is 4.04. The molecule has 0 amide bonds. The number of rotatable bonds is 14. The quantitative estimate of drug-likeness (QED) is 0.0429. The third-order valence-electron chi connectivity index (χ3n) is 5.76. The van der Waals surface area contributed by atoms with Gasteiger partial charge < -0.3 is 39.9 Å². The molecule has 1 aliphatic heterocycles. The molecule has 248 valence electrons. The zero-order valence-corrected chi connectivity index (χ0v) is 25.4. The van der Waals surface area contributed by atoms with Crippen LogP contribution in [0.25, 0.3) is 0 Å². The Labute approximate surface area is 252 Å². The molecule has 1 saturated heterocycles. The molecule has 2 heterocycles. The van der Waals surface area contributed by atoms with E-state index in [0.29, 0.717) is 11.1 Å². The van der Waals surface area contributed by atoms with Crippen LogP contribution < -0.4 is 17.0 Å². The first-order valence-electron chi connectivity index (χ1n) is 12.4. The first-order chi connectivity index (χ1) is 20.9. The SMILES string of the molecule is NCC#Cc1ccc(CCOCc2cn([C@H]3C[C@H](O)[C@@H](COP(=O)(O)OP(=O)(O)OP(=O)(O)O)O3)c(=O)[nH]c2=O)c([N+](=O)[O-])c1. The summed E-state index contributed by atoms with van der Waals surface area (Å²) in [4.78, 5) is 73.7. The van der Waals surface area contributed by atoms with Crippen LogP contribution in [0.1, 0.15) is 29.3 Å². The Kier molecular flexibility index (Phi) is 12.3. The van der Waals surface area contributed by atoms with Gasteiger partial charge >= 0.3 is 29.2 Å². The van der Waals surface area contributed by atoms with Crippen LogP contribution in [0, 0.1) is 22.0 Å². The highest BCUT2D eigenvalue weighted by atomic mass is 31.3. The Hall–Kier alpha value is -2.89. The molecule has 1 fully saturated rings. The highest BCUT2D eigenvalue weighted by molar-refractivity contribution is 7.66. The van der Waals surface area contributed by atoms with Gasteiger partial charge in [-0.2, -0.15) is 8.62 Å². The highest BCUT2D eigenvalue weighted by Gasteiger charge is 2.43. The van der Waals surface area contributed by atoms with E-state index in [9.17, 15) is 48.3 Å². The summed E-state index contributed by atoms with van der Waals surface area (Å²) >= 11 is 0. The van der Waals surface area contributed by atoms with E-state index in [0.717, 1.165) is 10.8 Å². The lowest BCUT2D eigenvalue weighted by molar-refractivity contribution is -0.385. The lowest BCUT2D eigenvalue weighted by Crippen LogP contribution is -2.34. The number of aliphatic hydroxyl groups excluding tert-OH is 1. The number of hydrogen-bond donors (Lipinski definition) is 7. The maximum Gasteiger partial charge on any atom is 0.490 e. The van der Waals surface area contributed by atoms with E-state index in [1.165, 1.54) is 12.1 Å². The normalized spacial score (nSPS) is 21.0. The Morgan fingerprint density at radius 3 is 2.49 bits per heavy atom. The highest BCUT2D eigenvalue weighted by Crippen LogP contribution is 2.66. The number of nitro benzene ring substituents is 1. The summed E-state index contributed by atoms with van der Waals surface area (Å²) in [5, 5.41) is 21.8. The molecule has 2 unspecified atom stereocenters. The molecule has 8 N–H and O–H groups in total. The summed E-state index contributed by atoms with van der Waals surface area (Å²) in [6.45, 7) is -1.29. The van der Waals surface area contributed by atoms with Crippen LogP contribution in [0.5, 0.6) is 0 Å². The molecule has 3 rings (SSSR count). The van der Waals surface area contributed by atoms with Gasteiger partial charge in [0, 0.05) is 36.2 Å². The van der Waals surface area contributed by atoms with E-state index >= 15 is 0 Å². The third-order valence-corrected chi connectivity index (χ3v) is 9.57. The molecule has 0 radical (unpaired) electrons. The average molecular weight is 700 g/mol. The minimum absolute atomic E-state index is 0.0610. The van der Waals surface area contributed by atoms with Crippen molar-refractivity contribution in [3.63, 3.8) is 0 Å². The van der Waals surface area contributed by atoms with Crippen LogP contribution >= 0.6 is 23.5 Å². The van der Waals surface area contributed by atoms with Gasteiger partial charge in [0.2, 0.25) is 0 Å². The van der Waals surface area contributed by atoms with Gasteiger partial charge in [0.15, 0.2) is 0 Å². The van der Waals surface area contributed by atoms with Crippen molar-refractivity contribution in [2.75, 3.05) is 19.8 Å². The van der Waals surface area contributed by atoms with Crippen molar-refractivity contribution in [3.05, 3.63) is 72.0 Å². The molecular formula is C21H27N4O17P3. The lowest BCUT2D eigenvalue weighted by atomic mass is 10.1. The second-order valence-electron chi connectivity index (χ2n) is 9.05. The molecule has 0 spiro atoms. The van der Waals surface area contributed by atoms with E-state index in [1.807, 2.05) is 4.98 Å². The number of nitrogens with one attached hydrogen (secondary N) is 1. The second kappa shape index (κ2) is 15.1. The van der Waals surface area contributed by atoms with Crippen molar-refractivity contribution < 1.29 is 65.9 Å². The Balaban J connectivity index is 1.62. The lowest BCUT2D eigenvalue weighted by Gasteiger charge is -2.19. The van der Waals surface area contributed by atoms with Gasteiger partial charge in [-0.15, -0.1) is 0 Å². The van der Waals surface area contributed by atoms with Crippen molar-refractivity contribution in [3.8, 4) is 11.8 Å². The zero-order chi connectivity index (χ0) is 33.6. The van der Waals surface area contributed by atoms with Crippen molar-refractivity contribution in [2.24, 2.45) is 5.73 Å². The molecule has 2 aromatic rings. The maximum absolute atomic E-state index is 12.4. The number of phosphoric ester groups is 1. The number of nitrogens with two attached hydrogens (primary N) is 1. The summed E-state index contributed by atoms with van der Waals surface area (Å²) in [7, 11) is -16.9. The molecule has 5 atom stereocenters. The maximum atomic E-state index is 12.4. The number of H-pyrrole nitrogens is 1. The number of phosphoric acid groups is 3. The third kappa shape index (κ3) is 11.1. The monoisotopic (exact) mass is 700 g/mol. The largest absolute Gasteiger partial charge is 0.490 e. The standard InChI is InChI=1S/C21H27N4O17P3/c22-6-1-2-13-3-4-14(16(8-13)25(29)30)5-7-38-11-15-10-24(21(28)23-20(15)27)19-9-17(26)18(40-19)12-39-44(34,35)42-45(36,37)41-43(31,32)33/h3-4,8,10,17-19,26H,5-7,9,11-12,22H2,(H,34,35)(H,36,37)(H,23,27,28)(H2,31,32,33)/t17-,18+,19+/m0/s1. The van der Waals surface area contributed by atoms with E-state index < -0.39 is 64.7 Å². The smallest absolute Gasteiger partial charge is 0.390 e. The number of ether oxygens (including phenoxy) is 2. The number of nitro groups is 1. The van der Waals surface area contributed by atoms with Crippen LogP contribution in [-0.2, 0) is 49.3 Å². The number of hydrogen-bond acceptors (Lipinski definition) is 14. The fourth-order valence-electron chi connectivity index (χ4n) is 3.89. The predicted molar refractivity (Wildman–Crippen MR) is 148 cm³/mol. The van der Waals surface area contributed by atoms with E-state index in [-0.39, 0.29) is 43.9 Å². The molecule has 1 aromatic carbocycles. The van der Waals surface area contributed by atoms with Crippen LogP contribution in [0.2, 0.25) is 0 Å². The second-order valence-corrected chi connectivity index (χ2v) is 13.5. The molecule has 0 saturated carbocycles. The minimum atomic E-state index is -5.77. The average Bonchev–Trinajstić information content (AvgIpc) is 3.27. The fraction of sp³-hybridized carbons (Fsp3) is 0.429. The molecule has 1 aliphatic rings. The van der Waals surface area contributed by atoms with E-state index in [4.69, 9.17) is 25.0 Å². The van der Waals surface area contributed by atoms with Gasteiger partial charge in [0.05, 0.1) is 43.0 Å². The summed E-state index contributed by atoms with van der Waals surface area (Å²) in [6.07, 6.45) is -3.25. The van der Waals surface area contributed by atoms with Crippen LogP contribution in [0.15, 0.2) is 34.0 Å². The zero-order valence-electron chi connectivity index (χ0n) is 22.7. The predicted octanol–water partition coefficient (Wildman–Crippen LogP) is -0.494. The van der Waals surface area contributed by atoms with Gasteiger partial charge in [-0.05, 0) is 6.07 Å². The topological polar surface area (TPSA) is 323 Å². The number of aromatic nitrogens is 2. The van der Waals surface area contributed by atoms with Crippen molar-refractivity contribution in [2.45, 2.75) is 37.9 Å².